The average Bonchev–Trinajstić information content (AvgIpc) is 2.63. The summed E-state index contributed by atoms with van der Waals surface area (Å²) in [6, 6.07) is 0. The van der Waals surface area contributed by atoms with Crippen LogP contribution in [0.1, 0.15) is 20.8 Å². The Kier molecular flexibility index (Phi) is 5.90. The zero-order valence-corrected chi connectivity index (χ0v) is 11.8. The Morgan fingerprint density at radius 3 is 1.95 bits per heavy atom. The highest BCUT2D eigenvalue weighted by Gasteiger charge is 2.49. The van der Waals surface area contributed by atoms with Gasteiger partial charge in [-0.25, -0.2) is 0 Å². The van der Waals surface area contributed by atoms with Crippen LogP contribution in [-0.4, -0.2) is 56.2 Å². The second kappa shape index (κ2) is 7.20. The maximum atomic E-state index is 11.1. The summed E-state index contributed by atoms with van der Waals surface area (Å²) < 4.78 is 25.5. The van der Waals surface area contributed by atoms with E-state index in [4.69, 9.17) is 23.7 Å². The fourth-order valence-corrected chi connectivity index (χ4v) is 1.87. The van der Waals surface area contributed by atoms with E-state index in [0.717, 1.165) is 0 Å². The Labute approximate surface area is 116 Å². The quantitative estimate of drug-likeness (QED) is 0.506. The number of ether oxygens (including phenoxy) is 5. The molecule has 1 saturated heterocycles. The van der Waals surface area contributed by atoms with Gasteiger partial charge >= 0.3 is 17.9 Å². The number of hydrogen-bond acceptors (Lipinski definition) is 8. The molecule has 4 unspecified atom stereocenters. The highest BCUT2D eigenvalue weighted by Crippen LogP contribution is 2.27. The van der Waals surface area contributed by atoms with E-state index in [1.54, 1.807) is 0 Å². The first-order chi connectivity index (χ1) is 9.35. The third kappa shape index (κ3) is 4.46. The van der Waals surface area contributed by atoms with E-state index in [2.05, 4.69) is 0 Å². The summed E-state index contributed by atoms with van der Waals surface area (Å²) in [5, 5.41) is 0. The summed E-state index contributed by atoms with van der Waals surface area (Å²) in [6.45, 7) is 3.54. The van der Waals surface area contributed by atoms with Crippen molar-refractivity contribution in [3.63, 3.8) is 0 Å². The van der Waals surface area contributed by atoms with Gasteiger partial charge in [0.25, 0.3) is 0 Å². The fraction of sp³-hybridized carbons (Fsp3) is 0.750. The number of carbonyl (C=O) groups excluding carboxylic acids is 3. The van der Waals surface area contributed by atoms with E-state index in [9.17, 15) is 14.4 Å². The molecule has 114 valence electrons. The number of rotatable bonds is 5. The maximum Gasteiger partial charge on any atom is 0.303 e. The zero-order chi connectivity index (χ0) is 15.3. The van der Waals surface area contributed by atoms with Gasteiger partial charge in [0.1, 0.15) is 12.7 Å². The molecule has 0 bridgehead atoms. The van der Waals surface area contributed by atoms with Crippen LogP contribution in [0.4, 0.5) is 0 Å². The van der Waals surface area contributed by atoms with Gasteiger partial charge in [-0.2, -0.15) is 0 Å². The summed E-state index contributed by atoms with van der Waals surface area (Å²) in [5.74, 6) is -1.63. The molecule has 0 aromatic rings. The number of methoxy groups -OCH3 is 1. The first-order valence-corrected chi connectivity index (χ1v) is 6.01. The molecule has 20 heavy (non-hydrogen) atoms. The van der Waals surface area contributed by atoms with Gasteiger partial charge in [-0.3, -0.25) is 14.4 Å². The fourth-order valence-electron chi connectivity index (χ4n) is 1.87. The monoisotopic (exact) mass is 290 g/mol. The van der Waals surface area contributed by atoms with E-state index >= 15 is 0 Å². The van der Waals surface area contributed by atoms with Crippen molar-refractivity contribution in [2.75, 3.05) is 13.7 Å². The van der Waals surface area contributed by atoms with Crippen molar-refractivity contribution < 1.29 is 38.1 Å². The van der Waals surface area contributed by atoms with E-state index in [0.29, 0.717) is 0 Å². The van der Waals surface area contributed by atoms with E-state index < -0.39 is 42.5 Å². The van der Waals surface area contributed by atoms with Crippen LogP contribution in [0.5, 0.6) is 0 Å². The minimum Gasteiger partial charge on any atom is -0.463 e. The lowest BCUT2D eigenvalue weighted by molar-refractivity contribution is -0.181. The van der Waals surface area contributed by atoms with Gasteiger partial charge in [-0.05, 0) is 0 Å². The molecule has 1 fully saturated rings. The molecular weight excluding hydrogens is 272 g/mol. The van der Waals surface area contributed by atoms with Crippen molar-refractivity contribution in [3.05, 3.63) is 0 Å². The maximum absolute atomic E-state index is 11.1. The lowest BCUT2D eigenvalue weighted by atomic mass is 10.1. The predicted octanol–water partition coefficient (Wildman–Crippen LogP) is -0.216. The summed E-state index contributed by atoms with van der Waals surface area (Å²) >= 11 is 0. The molecule has 8 heteroatoms. The molecule has 1 rings (SSSR count). The van der Waals surface area contributed by atoms with Crippen LogP contribution in [0.25, 0.3) is 0 Å². The molecule has 0 spiro atoms. The first kappa shape index (κ1) is 16.4. The van der Waals surface area contributed by atoms with Gasteiger partial charge in [0.05, 0.1) is 0 Å². The van der Waals surface area contributed by atoms with Crippen LogP contribution in [0, 0.1) is 0 Å². The molecule has 4 atom stereocenters. The smallest absolute Gasteiger partial charge is 0.303 e. The van der Waals surface area contributed by atoms with E-state index in [1.807, 2.05) is 0 Å². The molecule has 1 aliphatic rings. The Hall–Kier alpha value is -1.67. The summed E-state index contributed by atoms with van der Waals surface area (Å²) in [5.41, 5.74) is 0. The number of esters is 3. The lowest BCUT2D eigenvalue weighted by Crippen LogP contribution is -2.41. The summed E-state index contributed by atoms with van der Waals surface area (Å²) in [4.78, 5) is 33.1. The molecular formula is C12H18O8. The molecule has 0 aliphatic carbocycles. The normalized spacial score (nSPS) is 28.8. The molecule has 1 aliphatic heterocycles. The van der Waals surface area contributed by atoms with Gasteiger partial charge in [0.15, 0.2) is 18.5 Å². The SMILES string of the molecule is COC1OC(COC(C)=O)C(OC(C)=O)C1OC(C)=O. The Bertz CT molecular complexity index is 380. The van der Waals surface area contributed by atoms with Gasteiger partial charge < -0.3 is 23.7 Å². The lowest BCUT2D eigenvalue weighted by Gasteiger charge is -2.22. The van der Waals surface area contributed by atoms with Crippen LogP contribution in [-0.2, 0) is 38.1 Å². The van der Waals surface area contributed by atoms with Crippen molar-refractivity contribution in [2.45, 2.75) is 45.4 Å². The number of hydrogen-bond donors (Lipinski definition) is 0. The minimum atomic E-state index is -0.915. The molecule has 1 heterocycles. The first-order valence-electron chi connectivity index (χ1n) is 6.01. The van der Waals surface area contributed by atoms with Gasteiger partial charge in [-0.1, -0.05) is 0 Å². The summed E-state index contributed by atoms with van der Waals surface area (Å²) in [7, 11) is 1.36. The average molecular weight is 290 g/mol. The third-order valence-corrected chi connectivity index (χ3v) is 2.55. The summed E-state index contributed by atoms with van der Waals surface area (Å²) in [6.07, 6.45) is -3.48. The zero-order valence-electron chi connectivity index (χ0n) is 11.8. The van der Waals surface area contributed by atoms with Gasteiger partial charge in [-0.15, -0.1) is 0 Å². The van der Waals surface area contributed by atoms with Gasteiger partial charge in [0.2, 0.25) is 0 Å². The Morgan fingerprint density at radius 1 is 0.950 bits per heavy atom. The molecule has 8 nitrogen and oxygen atoms in total. The molecule has 0 aromatic heterocycles. The van der Waals surface area contributed by atoms with Crippen molar-refractivity contribution in [1.29, 1.82) is 0 Å². The predicted molar refractivity (Wildman–Crippen MR) is 63.4 cm³/mol. The van der Waals surface area contributed by atoms with Crippen LogP contribution in [0.15, 0.2) is 0 Å². The van der Waals surface area contributed by atoms with Gasteiger partial charge in [0, 0.05) is 27.9 Å². The van der Waals surface area contributed by atoms with Crippen molar-refractivity contribution in [1.82, 2.24) is 0 Å². The van der Waals surface area contributed by atoms with Crippen molar-refractivity contribution in [3.8, 4) is 0 Å². The highest BCUT2D eigenvalue weighted by molar-refractivity contribution is 5.67. The number of carbonyl (C=O) groups is 3. The molecule has 0 amide bonds. The Morgan fingerprint density at radius 2 is 1.50 bits per heavy atom. The highest BCUT2D eigenvalue weighted by atomic mass is 16.7. The Balaban J connectivity index is 2.84. The van der Waals surface area contributed by atoms with Crippen molar-refractivity contribution >= 4 is 17.9 Å². The van der Waals surface area contributed by atoms with Crippen LogP contribution >= 0.6 is 0 Å². The van der Waals surface area contributed by atoms with Crippen LogP contribution in [0.3, 0.4) is 0 Å². The van der Waals surface area contributed by atoms with Crippen LogP contribution in [0.2, 0.25) is 0 Å². The second-order valence-electron chi connectivity index (χ2n) is 4.23. The standard InChI is InChI=1S/C12H18O8/c1-6(13)17-5-9-10(18-7(2)14)11(19-8(3)15)12(16-4)20-9/h9-12H,5H2,1-4H3. The second-order valence-corrected chi connectivity index (χ2v) is 4.23. The minimum absolute atomic E-state index is 0.134. The van der Waals surface area contributed by atoms with Crippen LogP contribution < -0.4 is 0 Å². The molecule has 0 N–H and O–H groups in total. The third-order valence-electron chi connectivity index (χ3n) is 2.55. The molecule has 0 saturated carbocycles. The largest absolute Gasteiger partial charge is 0.463 e. The molecule has 0 aromatic carbocycles. The topological polar surface area (TPSA) is 97.4 Å². The van der Waals surface area contributed by atoms with Crippen molar-refractivity contribution in [2.24, 2.45) is 0 Å². The van der Waals surface area contributed by atoms with E-state index in [1.165, 1.54) is 27.9 Å². The molecule has 0 radical (unpaired) electrons. The van der Waals surface area contributed by atoms with E-state index in [-0.39, 0.29) is 6.61 Å².